The topological polar surface area (TPSA) is 85.6 Å². The Kier molecular flexibility index (Phi) is 7.82. The Morgan fingerprint density at radius 1 is 1.16 bits per heavy atom. The van der Waals surface area contributed by atoms with Crippen molar-refractivity contribution in [2.75, 3.05) is 12.9 Å². The summed E-state index contributed by atoms with van der Waals surface area (Å²) in [7, 11) is 1.62. The van der Waals surface area contributed by atoms with Crippen molar-refractivity contribution < 1.29 is 9.53 Å². The number of hydrogen-bond donors (Lipinski definition) is 1. The molecule has 0 unspecified atom stereocenters. The van der Waals surface area contributed by atoms with E-state index in [1.54, 1.807) is 29.1 Å². The van der Waals surface area contributed by atoms with Crippen LogP contribution in [0.2, 0.25) is 0 Å². The third-order valence-electron chi connectivity index (χ3n) is 6.07. The molecule has 2 aromatic heterocycles. The Morgan fingerprint density at radius 3 is 2.78 bits per heavy atom. The molecule has 4 aromatic rings. The Morgan fingerprint density at radius 2 is 1.95 bits per heavy atom. The lowest BCUT2D eigenvalue weighted by Crippen LogP contribution is -2.24. The third-order valence-corrected chi connectivity index (χ3v) is 8.19. The van der Waals surface area contributed by atoms with Gasteiger partial charge in [0.05, 0.1) is 23.9 Å². The van der Waals surface area contributed by atoms with Crippen LogP contribution in [0.1, 0.15) is 28.8 Å². The maximum Gasteiger partial charge on any atom is 0.267 e. The number of carbonyl (C=O) groups excluding carboxylic acids is 1. The van der Waals surface area contributed by atoms with Crippen molar-refractivity contribution in [1.82, 2.24) is 15.0 Å². The van der Waals surface area contributed by atoms with E-state index in [1.165, 1.54) is 22.9 Å². The van der Waals surface area contributed by atoms with Crippen molar-refractivity contribution in [3.63, 3.8) is 0 Å². The van der Waals surface area contributed by atoms with Crippen LogP contribution in [0.3, 0.4) is 0 Å². The summed E-state index contributed by atoms with van der Waals surface area (Å²) >= 11 is 2.84. The average Bonchev–Trinajstić information content (AvgIpc) is 3.31. The van der Waals surface area contributed by atoms with Crippen LogP contribution in [0.25, 0.3) is 22.0 Å². The van der Waals surface area contributed by atoms with Gasteiger partial charge in [-0.05, 0) is 61.6 Å². The maximum atomic E-state index is 13.7. The van der Waals surface area contributed by atoms with Crippen LogP contribution in [0, 0.1) is 0 Å². The second-order valence-corrected chi connectivity index (χ2v) is 10.5. The molecule has 2 aromatic carbocycles. The number of fused-ring (bicyclic) bond motifs is 3. The van der Waals surface area contributed by atoms with Gasteiger partial charge in [0, 0.05) is 16.7 Å². The summed E-state index contributed by atoms with van der Waals surface area (Å²) in [6.45, 7) is 0. The van der Waals surface area contributed by atoms with Gasteiger partial charge in [-0.3, -0.25) is 14.2 Å². The van der Waals surface area contributed by atoms with Crippen LogP contribution in [-0.2, 0) is 17.6 Å². The monoisotopic (exact) mass is 530 g/mol. The first-order valence-corrected chi connectivity index (χ1v) is 13.8. The van der Waals surface area contributed by atoms with E-state index in [9.17, 15) is 9.59 Å². The highest BCUT2D eigenvalue weighted by atomic mass is 32.2. The molecule has 188 valence electrons. The summed E-state index contributed by atoms with van der Waals surface area (Å²) in [4.78, 5) is 33.1. The molecule has 1 N–H and O–H groups in total. The molecule has 0 fully saturated rings. The summed E-state index contributed by atoms with van der Waals surface area (Å²) in [6, 6.07) is 17.1. The van der Waals surface area contributed by atoms with Gasteiger partial charge in [0.15, 0.2) is 5.16 Å². The van der Waals surface area contributed by atoms with Gasteiger partial charge in [-0.15, -0.1) is 11.3 Å². The van der Waals surface area contributed by atoms with E-state index in [0.717, 1.165) is 58.5 Å². The van der Waals surface area contributed by atoms with Crippen LogP contribution in [0.15, 0.2) is 75.7 Å². The van der Waals surface area contributed by atoms with E-state index < -0.39 is 0 Å². The number of para-hydroxylation sites is 2. The molecular weight excluding hydrogens is 504 g/mol. The van der Waals surface area contributed by atoms with E-state index in [-0.39, 0.29) is 17.2 Å². The van der Waals surface area contributed by atoms with Crippen LogP contribution in [0.4, 0.5) is 0 Å². The van der Waals surface area contributed by atoms with Gasteiger partial charge >= 0.3 is 0 Å². The molecule has 0 bridgehead atoms. The van der Waals surface area contributed by atoms with Crippen molar-refractivity contribution in [2.45, 2.75) is 30.8 Å². The van der Waals surface area contributed by atoms with E-state index in [2.05, 4.69) is 10.5 Å². The second kappa shape index (κ2) is 11.6. The number of nitrogens with one attached hydrogen (secondary N) is 1. The number of rotatable bonds is 8. The molecule has 0 spiro atoms. The molecule has 0 atom stereocenters. The number of hydrogen-bond acceptors (Lipinski definition) is 7. The number of thiophene rings is 1. The smallest absolute Gasteiger partial charge is 0.267 e. The van der Waals surface area contributed by atoms with Crippen molar-refractivity contribution in [3.05, 3.63) is 87.0 Å². The first-order valence-electron chi connectivity index (χ1n) is 12.0. The van der Waals surface area contributed by atoms with Crippen LogP contribution < -0.4 is 15.7 Å². The molecule has 37 heavy (non-hydrogen) atoms. The number of allylic oxidation sites excluding steroid dienone is 1. The summed E-state index contributed by atoms with van der Waals surface area (Å²) < 4.78 is 6.94. The number of hydrazone groups is 1. The number of aryl methyl sites for hydroxylation is 2. The predicted molar refractivity (Wildman–Crippen MR) is 151 cm³/mol. The molecule has 5 rings (SSSR count). The SMILES string of the molecule is COc1ccccc1/C=C/C=N/NC(=O)CSc1nc2sc3c(c2c(=O)n1-c1ccccc1)CCCC3. The molecule has 1 amide bonds. The van der Waals surface area contributed by atoms with Crippen LogP contribution >= 0.6 is 23.1 Å². The minimum absolute atomic E-state index is 0.0713. The van der Waals surface area contributed by atoms with Crippen molar-refractivity contribution in [3.8, 4) is 11.4 Å². The van der Waals surface area contributed by atoms with Crippen LogP contribution in [-0.4, -0.2) is 34.5 Å². The molecule has 7 nitrogen and oxygen atoms in total. The highest BCUT2D eigenvalue weighted by molar-refractivity contribution is 7.99. The fourth-order valence-corrected chi connectivity index (χ4v) is 6.46. The maximum absolute atomic E-state index is 13.7. The Balaban J connectivity index is 1.33. The third kappa shape index (κ3) is 5.52. The summed E-state index contributed by atoms with van der Waals surface area (Å²) in [5, 5.41) is 5.22. The number of nitrogens with zero attached hydrogens (tertiary/aromatic N) is 3. The molecule has 2 heterocycles. The predicted octanol–water partition coefficient (Wildman–Crippen LogP) is 5.24. The fourth-order valence-electron chi connectivity index (χ4n) is 4.35. The van der Waals surface area contributed by atoms with E-state index in [1.807, 2.05) is 60.7 Å². The number of aromatic nitrogens is 2. The average molecular weight is 531 g/mol. The molecule has 0 radical (unpaired) electrons. The lowest BCUT2D eigenvalue weighted by atomic mass is 9.97. The van der Waals surface area contributed by atoms with Gasteiger partial charge in [-0.1, -0.05) is 48.2 Å². The summed E-state index contributed by atoms with van der Waals surface area (Å²) in [5.41, 5.74) is 5.26. The zero-order valence-corrected chi connectivity index (χ0v) is 22.0. The second-order valence-electron chi connectivity index (χ2n) is 8.46. The Hall–Kier alpha value is -3.69. The standard InChI is InChI=1S/C28H26N4O3S2/c1-35-22-15-7-5-10-19(22)11-9-17-29-31-24(33)18-36-28-30-26-25(21-14-6-8-16-23(21)37-26)27(34)32(28)20-12-3-2-4-13-20/h2-5,7,9-13,15,17H,6,8,14,16,18H2,1H3,(H,31,33)/b11-9+,29-17+. The minimum atomic E-state index is -0.286. The molecule has 9 heteroatoms. The summed E-state index contributed by atoms with van der Waals surface area (Å²) in [6.07, 6.45) is 9.23. The normalized spacial score (nSPS) is 13.3. The molecule has 0 saturated heterocycles. The van der Waals surface area contributed by atoms with Gasteiger partial charge < -0.3 is 4.74 Å². The van der Waals surface area contributed by atoms with E-state index in [0.29, 0.717) is 5.16 Å². The highest BCUT2D eigenvalue weighted by Gasteiger charge is 2.23. The van der Waals surface area contributed by atoms with E-state index in [4.69, 9.17) is 9.72 Å². The first kappa shape index (κ1) is 25.0. The van der Waals surface area contributed by atoms with Gasteiger partial charge in [0.25, 0.3) is 11.5 Å². The number of ether oxygens (including phenoxy) is 1. The number of thioether (sulfide) groups is 1. The number of methoxy groups -OCH3 is 1. The van der Waals surface area contributed by atoms with Crippen molar-refractivity contribution in [2.24, 2.45) is 5.10 Å². The lowest BCUT2D eigenvalue weighted by Gasteiger charge is -2.13. The van der Waals surface area contributed by atoms with E-state index >= 15 is 0 Å². The minimum Gasteiger partial charge on any atom is -0.496 e. The zero-order chi connectivity index (χ0) is 25.6. The largest absolute Gasteiger partial charge is 0.496 e. The zero-order valence-electron chi connectivity index (χ0n) is 20.3. The van der Waals surface area contributed by atoms with Gasteiger partial charge in [-0.2, -0.15) is 5.10 Å². The molecule has 0 aliphatic heterocycles. The number of amides is 1. The van der Waals surface area contributed by atoms with Crippen LogP contribution in [0.5, 0.6) is 5.75 Å². The number of benzene rings is 2. The quantitative estimate of drug-likeness (QED) is 0.146. The van der Waals surface area contributed by atoms with Gasteiger partial charge in [-0.25, -0.2) is 10.4 Å². The van der Waals surface area contributed by atoms with Gasteiger partial charge in [0.1, 0.15) is 10.6 Å². The molecule has 1 aliphatic carbocycles. The highest BCUT2D eigenvalue weighted by Crippen LogP contribution is 2.35. The lowest BCUT2D eigenvalue weighted by molar-refractivity contribution is -0.118. The fraction of sp³-hybridized carbons (Fsp3) is 0.214. The van der Waals surface area contributed by atoms with Crippen molar-refractivity contribution >= 4 is 51.5 Å². The molecular formula is C28H26N4O3S2. The summed E-state index contributed by atoms with van der Waals surface area (Å²) in [5.74, 6) is 0.545. The molecule has 1 aliphatic rings. The molecule has 0 saturated carbocycles. The number of carbonyl (C=O) groups is 1. The van der Waals surface area contributed by atoms with Gasteiger partial charge in [0.2, 0.25) is 0 Å². The Labute approximate surface area is 222 Å². The van der Waals surface area contributed by atoms with Crippen molar-refractivity contribution in [1.29, 1.82) is 0 Å². The Bertz CT molecular complexity index is 1540. The first-order chi connectivity index (χ1) is 18.2.